The van der Waals surface area contributed by atoms with Gasteiger partial charge in [-0.3, -0.25) is 4.90 Å². The Kier molecular flexibility index (Phi) is 17.7. The monoisotopic (exact) mass is 1010 g/mol. The molecule has 2 N–H and O–H groups in total. The van der Waals surface area contributed by atoms with E-state index in [9.17, 15) is 19.9 Å². The molecule has 17 nitrogen and oxygen atoms in total. The molecule has 2 aliphatic heterocycles. The first-order valence-corrected chi connectivity index (χ1v) is 25.6. The summed E-state index contributed by atoms with van der Waals surface area (Å²) in [4.78, 5) is 47.4. The molecule has 5 aromatic carbocycles. The van der Waals surface area contributed by atoms with Crippen molar-refractivity contribution in [2.24, 2.45) is 5.11 Å². The third-order valence-corrected chi connectivity index (χ3v) is 14.2. The lowest BCUT2D eigenvalue weighted by atomic mass is 9.81. The van der Waals surface area contributed by atoms with Crippen molar-refractivity contribution in [2.75, 3.05) is 0 Å². The van der Waals surface area contributed by atoms with Crippen molar-refractivity contribution in [3.8, 4) is 0 Å². The second-order valence-electron chi connectivity index (χ2n) is 19.2. The van der Waals surface area contributed by atoms with Crippen LogP contribution in [0.25, 0.3) is 10.4 Å². The van der Waals surface area contributed by atoms with Gasteiger partial charge in [0.15, 0.2) is 12.1 Å². The van der Waals surface area contributed by atoms with Crippen molar-refractivity contribution in [3.05, 3.63) is 190 Å². The summed E-state index contributed by atoms with van der Waals surface area (Å²) < 4.78 is 52.8. The van der Waals surface area contributed by atoms with Crippen LogP contribution in [-0.4, -0.2) is 89.9 Å². The van der Waals surface area contributed by atoms with Crippen molar-refractivity contribution in [3.63, 3.8) is 0 Å². The number of azide groups is 1. The summed E-state index contributed by atoms with van der Waals surface area (Å²) in [7, 11) is 0. The average Bonchev–Trinajstić information content (AvgIpc) is 3.81. The molecule has 1 unspecified atom stereocenters. The number of benzene rings is 5. The molecule has 2 heterocycles. The van der Waals surface area contributed by atoms with Gasteiger partial charge >= 0.3 is 18.3 Å². The summed E-state index contributed by atoms with van der Waals surface area (Å²) in [5.41, 5.74) is 14.1. The third-order valence-electron chi connectivity index (χ3n) is 14.2. The van der Waals surface area contributed by atoms with E-state index in [4.69, 9.17) is 37.9 Å². The van der Waals surface area contributed by atoms with Crippen LogP contribution >= 0.6 is 0 Å². The SMILES string of the molecule is CC([C@@H]1CC[C@@H](N=[N+]=[N-])[C@@H](O[C@@H]2[C@@H](NC(=O)OCc3ccccc3)[C@H](OCc3ccccc3)[C@@H](NC(=O)OCc3ccccc3)[C@@H]3OC4(CCCCC4)O[C@@H]23)O1)N(Cc1ccccc1)C(=O)OCc1ccccc1. The first-order chi connectivity index (χ1) is 36.2. The Labute approximate surface area is 431 Å². The summed E-state index contributed by atoms with van der Waals surface area (Å²) in [5, 5.41) is 10.3. The standard InChI is InChI=1S/C57H64N6O11/c1-39(63(34-40-20-8-2-9-21-40)56(66)70-38-44-28-16-6-17-29-44)46-31-30-45(61-62-58)53(71-46)72-50-47(59-54(64)68-36-42-24-12-4-13-25-42)49(67-35-41-22-10-3-11-23-41)48(60-55(65)69-37-43-26-14-5-15-27-43)51-52(50)74-57(73-51)32-18-7-19-33-57/h2-6,8-17,20-29,39,45-53H,7,18-19,30-38H2,1H3,(H,59,64)(H,60,65)/t39?,45-,46+,47+,48-,49+,50-,51+,52+,53-/m1/s1. The highest BCUT2D eigenvalue weighted by Crippen LogP contribution is 2.47. The second-order valence-corrected chi connectivity index (χ2v) is 19.2. The number of amides is 3. The third kappa shape index (κ3) is 13.4. The summed E-state index contributed by atoms with van der Waals surface area (Å²) in [6.45, 7) is 2.21. The number of fused-ring (bicyclic) bond motifs is 1. The average molecular weight is 1010 g/mol. The van der Waals surface area contributed by atoms with Gasteiger partial charge in [0.1, 0.15) is 44.2 Å². The van der Waals surface area contributed by atoms with Gasteiger partial charge < -0.3 is 48.5 Å². The molecule has 2 saturated heterocycles. The molecule has 17 heteroatoms. The lowest BCUT2D eigenvalue weighted by Gasteiger charge is -2.49. The van der Waals surface area contributed by atoms with Crippen LogP contribution < -0.4 is 10.6 Å². The van der Waals surface area contributed by atoms with Crippen molar-refractivity contribution in [1.82, 2.24) is 15.5 Å². The maximum Gasteiger partial charge on any atom is 0.410 e. The fourth-order valence-electron chi connectivity index (χ4n) is 10.4. The Morgan fingerprint density at radius 2 is 1.12 bits per heavy atom. The Morgan fingerprint density at radius 3 is 1.66 bits per heavy atom. The van der Waals surface area contributed by atoms with Crippen LogP contribution in [0.15, 0.2) is 157 Å². The van der Waals surface area contributed by atoms with Crippen molar-refractivity contribution >= 4 is 18.3 Å². The molecule has 9 rings (SSSR count). The lowest BCUT2D eigenvalue weighted by molar-refractivity contribution is -0.267. The highest BCUT2D eigenvalue weighted by atomic mass is 16.8. The molecule has 10 atom stereocenters. The number of hydrogen-bond donors (Lipinski definition) is 2. The molecule has 4 aliphatic rings. The number of hydrogen-bond acceptors (Lipinski definition) is 12. The topological polar surface area (TPSA) is 201 Å². The van der Waals surface area contributed by atoms with Crippen LogP contribution in [0, 0.1) is 0 Å². The molecular formula is C57H64N6O11. The van der Waals surface area contributed by atoms with E-state index in [1.165, 1.54) is 0 Å². The molecular weight excluding hydrogens is 945 g/mol. The smallest absolute Gasteiger partial charge is 0.410 e. The van der Waals surface area contributed by atoms with E-state index in [2.05, 4.69) is 20.7 Å². The Balaban J connectivity index is 1.06. The molecule has 5 aromatic rings. The minimum Gasteiger partial charge on any atom is -0.445 e. The summed E-state index contributed by atoms with van der Waals surface area (Å²) in [6.07, 6.45) is -3.48. The van der Waals surface area contributed by atoms with Crippen molar-refractivity contribution < 1.29 is 52.3 Å². The van der Waals surface area contributed by atoms with Gasteiger partial charge in [-0.05, 0) is 66.0 Å². The largest absolute Gasteiger partial charge is 0.445 e. The van der Waals surface area contributed by atoms with Crippen LogP contribution in [-0.2, 0) is 70.9 Å². The molecule has 3 amide bonds. The van der Waals surface area contributed by atoms with Gasteiger partial charge in [0.05, 0.1) is 36.9 Å². The summed E-state index contributed by atoms with van der Waals surface area (Å²) in [5.74, 6) is -1.05. The highest BCUT2D eigenvalue weighted by Gasteiger charge is 2.63. The highest BCUT2D eigenvalue weighted by molar-refractivity contribution is 5.69. The minimum atomic E-state index is -1.23. The first-order valence-electron chi connectivity index (χ1n) is 25.6. The Bertz CT molecular complexity index is 2610. The van der Waals surface area contributed by atoms with Crippen molar-refractivity contribution in [2.45, 2.75) is 152 Å². The normalized spacial score (nSPS) is 25.3. The predicted octanol–water partition coefficient (Wildman–Crippen LogP) is 10.4. The fourth-order valence-corrected chi connectivity index (χ4v) is 10.4. The quantitative estimate of drug-likeness (QED) is 0.0366. The van der Waals surface area contributed by atoms with E-state index in [-0.39, 0.29) is 33.0 Å². The van der Waals surface area contributed by atoms with E-state index in [0.29, 0.717) is 25.7 Å². The maximum atomic E-state index is 14.3. The molecule has 0 bridgehead atoms. The van der Waals surface area contributed by atoms with E-state index in [1.54, 1.807) is 4.90 Å². The van der Waals surface area contributed by atoms with Gasteiger partial charge in [0, 0.05) is 24.3 Å². The van der Waals surface area contributed by atoms with Crippen LogP contribution in [0.1, 0.15) is 79.7 Å². The van der Waals surface area contributed by atoms with Crippen LogP contribution in [0.3, 0.4) is 0 Å². The molecule has 1 spiro atoms. The van der Waals surface area contributed by atoms with Crippen LogP contribution in [0.4, 0.5) is 14.4 Å². The van der Waals surface area contributed by atoms with E-state index in [1.807, 2.05) is 159 Å². The number of carbonyl (C=O) groups excluding carboxylic acids is 3. The molecule has 0 radical (unpaired) electrons. The zero-order chi connectivity index (χ0) is 51.1. The number of nitrogens with zero attached hydrogens (tertiary/aromatic N) is 4. The van der Waals surface area contributed by atoms with Crippen LogP contribution in [0.2, 0.25) is 0 Å². The summed E-state index contributed by atoms with van der Waals surface area (Å²) in [6, 6.07) is 43.7. The first kappa shape index (κ1) is 51.9. The van der Waals surface area contributed by atoms with Gasteiger partial charge in [0.2, 0.25) is 0 Å². The molecule has 4 fully saturated rings. The van der Waals surface area contributed by atoms with Gasteiger partial charge in [-0.2, -0.15) is 0 Å². The van der Waals surface area contributed by atoms with E-state index >= 15 is 0 Å². The second kappa shape index (κ2) is 25.3. The zero-order valence-corrected chi connectivity index (χ0v) is 41.5. The molecule has 2 saturated carbocycles. The van der Waals surface area contributed by atoms with Gasteiger partial charge in [0.25, 0.3) is 0 Å². The van der Waals surface area contributed by atoms with E-state index < -0.39 is 85.0 Å². The molecule has 0 aromatic heterocycles. The van der Waals surface area contributed by atoms with Gasteiger partial charge in [-0.1, -0.05) is 163 Å². The summed E-state index contributed by atoms with van der Waals surface area (Å²) >= 11 is 0. The number of carbonyl (C=O) groups is 3. The predicted molar refractivity (Wildman–Crippen MR) is 271 cm³/mol. The fraction of sp³-hybridized carbons (Fsp3) is 0.421. The number of ether oxygens (including phenoxy) is 8. The molecule has 74 heavy (non-hydrogen) atoms. The van der Waals surface area contributed by atoms with E-state index in [0.717, 1.165) is 47.1 Å². The number of nitrogens with one attached hydrogen (secondary N) is 2. The zero-order valence-electron chi connectivity index (χ0n) is 41.5. The Hall–Kier alpha value is -6.98. The van der Waals surface area contributed by atoms with Gasteiger partial charge in [-0.25, -0.2) is 14.4 Å². The Morgan fingerprint density at radius 1 is 0.635 bits per heavy atom. The lowest BCUT2D eigenvalue weighted by Crippen LogP contribution is -2.73. The maximum absolute atomic E-state index is 14.3. The van der Waals surface area contributed by atoms with Crippen molar-refractivity contribution in [1.29, 1.82) is 0 Å². The molecule has 388 valence electrons. The minimum absolute atomic E-state index is 0.00349. The van der Waals surface area contributed by atoms with Gasteiger partial charge in [-0.15, -0.1) is 0 Å². The number of rotatable bonds is 18. The van der Waals surface area contributed by atoms with Crippen LogP contribution in [0.5, 0.6) is 0 Å². The number of alkyl carbamates (subject to hydrolysis) is 2. The molecule has 2 aliphatic carbocycles.